The molecule has 6 nitrogen and oxygen atoms in total. The van der Waals surface area contributed by atoms with Crippen molar-refractivity contribution >= 4 is 39.7 Å². The standard InChI is InChI=1S/C24H21ClF3N5OS/c1-12-2-7-15-16(11-29)23(35-19(15)8-12)31-22(34)18-10-21-30-17(13-3-5-14(25)6-4-13)9-20(24(26,27)28)33(21)32-18/h3-6,10,12,17,20,30H,2,7-9H2,1H3,(H,31,34)/t12-,17+,20-/m1/s1. The van der Waals surface area contributed by atoms with E-state index in [9.17, 15) is 23.2 Å². The maximum absolute atomic E-state index is 13.9. The van der Waals surface area contributed by atoms with Crippen LogP contribution in [-0.2, 0) is 12.8 Å². The number of hydrogen-bond donors (Lipinski definition) is 2. The van der Waals surface area contributed by atoms with Crippen LogP contribution in [0.4, 0.5) is 24.0 Å². The SMILES string of the molecule is C[C@@H]1CCc2c(sc(NC(=O)c3cc4n(n3)[C@@H](C(F)(F)F)C[C@@H](c3ccc(Cl)cc3)N4)c2C#N)C1. The molecule has 2 aromatic heterocycles. The average Bonchev–Trinajstić information content (AvgIpc) is 3.38. The van der Waals surface area contributed by atoms with E-state index in [1.807, 2.05) is 0 Å². The van der Waals surface area contributed by atoms with Gasteiger partial charge < -0.3 is 10.6 Å². The van der Waals surface area contributed by atoms with Gasteiger partial charge in [0.15, 0.2) is 11.7 Å². The number of alkyl halides is 3. The van der Waals surface area contributed by atoms with Gasteiger partial charge in [-0.15, -0.1) is 11.3 Å². The van der Waals surface area contributed by atoms with E-state index in [1.54, 1.807) is 24.3 Å². The van der Waals surface area contributed by atoms with E-state index < -0.39 is 24.2 Å². The van der Waals surface area contributed by atoms with Crippen molar-refractivity contribution in [1.82, 2.24) is 9.78 Å². The molecule has 3 aromatic rings. The fourth-order valence-electron chi connectivity index (χ4n) is 4.72. The maximum Gasteiger partial charge on any atom is 0.410 e. The molecule has 0 saturated carbocycles. The number of hydrogen-bond acceptors (Lipinski definition) is 5. The predicted octanol–water partition coefficient (Wildman–Crippen LogP) is 6.51. The first-order valence-corrected chi connectivity index (χ1v) is 12.4. The highest BCUT2D eigenvalue weighted by molar-refractivity contribution is 7.16. The number of aromatic nitrogens is 2. The normalized spacial score (nSPS) is 21.4. The molecule has 0 radical (unpaired) electrons. The number of thiophene rings is 1. The van der Waals surface area contributed by atoms with Crippen LogP contribution in [0.15, 0.2) is 30.3 Å². The minimum Gasteiger partial charge on any atom is -0.363 e. The second kappa shape index (κ2) is 8.88. The largest absolute Gasteiger partial charge is 0.410 e. The lowest BCUT2D eigenvalue weighted by Crippen LogP contribution is -2.35. The van der Waals surface area contributed by atoms with Crippen LogP contribution in [0.25, 0.3) is 0 Å². The Morgan fingerprint density at radius 2 is 2.09 bits per heavy atom. The minimum absolute atomic E-state index is 0.100. The van der Waals surface area contributed by atoms with E-state index in [0.29, 0.717) is 27.1 Å². The lowest BCUT2D eigenvalue weighted by Gasteiger charge is -2.33. The molecule has 0 saturated heterocycles. The van der Waals surface area contributed by atoms with E-state index in [1.165, 1.54) is 17.4 Å². The van der Waals surface area contributed by atoms with Crippen molar-refractivity contribution in [2.75, 3.05) is 10.6 Å². The molecule has 1 aromatic carbocycles. The quantitative estimate of drug-likeness (QED) is 0.413. The highest BCUT2D eigenvalue weighted by atomic mass is 35.5. The van der Waals surface area contributed by atoms with Gasteiger partial charge in [0, 0.05) is 22.4 Å². The molecule has 182 valence electrons. The first kappa shape index (κ1) is 23.7. The Labute approximate surface area is 208 Å². The summed E-state index contributed by atoms with van der Waals surface area (Å²) in [4.78, 5) is 14.1. The van der Waals surface area contributed by atoms with Gasteiger partial charge in [-0.05, 0) is 48.4 Å². The van der Waals surface area contributed by atoms with Gasteiger partial charge in [-0.3, -0.25) is 4.79 Å². The molecule has 3 heterocycles. The lowest BCUT2D eigenvalue weighted by atomic mass is 9.89. The number of carbonyl (C=O) groups excluding carboxylic acids is 1. The van der Waals surface area contributed by atoms with Crippen molar-refractivity contribution in [3.63, 3.8) is 0 Å². The third-order valence-electron chi connectivity index (χ3n) is 6.55. The van der Waals surface area contributed by atoms with Crippen LogP contribution in [0, 0.1) is 17.2 Å². The van der Waals surface area contributed by atoms with Gasteiger partial charge in [0.25, 0.3) is 5.91 Å². The molecule has 2 aliphatic rings. The van der Waals surface area contributed by atoms with Gasteiger partial charge >= 0.3 is 6.18 Å². The van der Waals surface area contributed by atoms with Crippen LogP contribution in [-0.4, -0.2) is 21.9 Å². The van der Waals surface area contributed by atoms with Crippen molar-refractivity contribution < 1.29 is 18.0 Å². The number of rotatable bonds is 3. The summed E-state index contributed by atoms with van der Waals surface area (Å²) in [6, 6.07) is 7.57. The summed E-state index contributed by atoms with van der Waals surface area (Å²) in [6.45, 7) is 2.14. The number of amides is 1. The third kappa shape index (κ3) is 4.50. The van der Waals surface area contributed by atoms with Crippen molar-refractivity contribution in [3.05, 3.63) is 62.6 Å². The number of nitrogens with zero attached hydrogens (tertiary/aromatic N) is 3. The minimum atomic E-state index is -4.56. The third-order valence-corrected chi connectivity index (χ3v) is 7.97. The van der Waals surface area contributed by atoms with Crippen LogP contribution in [0.1, 0.15) is 63.9 Å². The zero-order chi connectivity index (χ0) is 24.9. The molecule has 35 heavy (non-hydrogen) atoms. The van der Waals surface area contributed by atoms with Crippen LogP contribution in [0.5, 0.6) is 0 Å². The average molecular weight is 520 g/mol. The van der Waals surface area contributed by atoms with Crippen molar-refractivity contribution in [2.24, 2.45) is 5.92 Å². The topological polar surface area (TPSA) is 82.7 Å². The smallest absolute Gasteiger partial charge is 0.363 e. The first-order chi connectivity index (χ1) is 16.6. The molecule has 0 fully saturated rings. The molecule has 0 unspecified atom stereocenters. The molecule has 1 aliphatic heterocycles. The van der Waals surface area contributed by atoms with Crippen molar-refractivity contribution in [3.8, 4) is 6.07 Å². The van der Waals surface area contributed by atoms with E-state index in [2.05, 4.69) is 28.7 Å². The lowest BCUT2D eigenvalue weighted by molar-refractivity contribution is -0.173. The molecule has 5 rings (SSSR count). The fourth-order valence-corrected chi connectivity index (χ4v) is 6.20. The Morgan fingerprint density at radius 3 is 2.77 bits per heavy atom. The first-order valence-electron chi connectivity index (χ1n) is 11.2. The highest BCUT2D eigenvalue weighted by Gasteiger charge is 2.47. The molecule has 3 atom stereocenters. The fraction of sp³-hybridized carbons (Fsp3) is 0.375. The Kier molecular flexibility index (Phi) is 6.01. The Bertz CT molecular complexity index is 1320. The van der Waals surface area contributed by atoms with E-state index in [0.717, 1.165) is 34.4 Å². The Morgan fingerprint density at radius 1 is 1.34 bits per heavy atom. The number of carbonyl (C=O) groups is 1. The molecule has 2 N–H and O–H groups in total. The summed E-state index contributed by atoms with van der Waals surface area (Å²) in [5, 5.41) is 20.4. The number of benzene rings is 1. The van der Waals surface area contributed by atoms with E-state index >= 15 is 0 Å². The predicted molar refractivity (Wildman–Crippen MR) is 128 cm³/mol. The van der Waals surface area contributed by atoms with Crippen LogP contribution >= 0.6 is 22.9 Å². The Hall–Kier alpha value is -3.03. The van der Waals surface area contributed by atoms with Crippen LogP contribution in [0.2, 0.25) is 5.02 Å². The number of nitriles is 1. The van der Waals surface area contributed by atoms with Gasteiger partial charge in [0.2, 0.25) is 0 Å². The van der Waals surface area contributed by atoms with Gasteiger partial charge in [-0.2, -0.15) is 23.5 Å². The number of fused-ring (bicyclic) bond motifs is 2. The molecule has 11 heteroatoms. The highest BCUT2D eigenvalue weighted by Crippen LogP contribution is 2.44. The molecular weight excluding hydrogens is 499 g/mol. The Balaban J connectivity index is 1.44. The maximum atomic E-state index is 13.9. The van der Waals surface area contributed by atoms with Gasteiger partial charge in [0.05, 0.1) is 11.6 Å². The zero-order valence-corrected chi connectivity index (χ0v) is 20.2. The molecule has 0 spiro atoms. The molecular formula is C24H21ClF3N5OS. The zero-order valence-electron chi connectivity index (χ0n) is 18.6. The summed E-state index contributed by atoms with van der Waals surface area (Å²) < 4.78 is 42.7. The summed E-state index contributed by atoms with van der Waals surface area (Å²) in [6.07, 6.45) is -2.26. The summed E-state index contributed by atoms with van der Waals surface area (Å²) in [7, 11) is 0. The molecule has 0 bridgehead atoms. The van der Waals surface area contributed by atoms with Gasteiger partial charge in [0.1, 0.15) is 16.9 Å². The molecule has 1 amide bonds. The van der Waals surface area contributed by atoms with Crippen LogP contribution < -0.4 is 10.6 Å². The molecule has 1 aliphatic carbocycles. The van der Waals surface area contributed by atoms with Crippen molar-refractivity contribution in [2.45, 2.75) is 50.9 Å². The summed E-state index contributed by atoms with van der Waals surface area (Å²) in [5.74, 6) is -0.0561. The van der Waals surface area contributed by atoms with Crippen LogP contribution in [0.3, 0.4) is 0 Å². The van der Waals surface area contributed by atoms with Crippen molar-refractivity contribution in [1.29, 1.82) is 5.26 Å². The monoisotopic (exact) mass is 519 g/mol. The second-order valence-corrected chi connectivity index (χ2v) is 10.6. The van der Waals surface area contributed by atoms with E-state index in [4.69, 9.17) is 11.6 Å². The number of halogens is 4. The summed E-state index contributed by atoms with van der Waals surface area (Å²) in [5.41, 5.74) is 1.89. The number of nitrogens with one attached hydrogen (secondary N) is 2. The van der Waals surface area contributed by atoms with Gasteiger partial charge in [-0.25, -0.2) is 4.68 Å². The van der Waals surface area contributed by atoms with E-state index in [-0.39, 0.29) is 17.9 Å². The van der Waals surface area contributed by atoms with Gasteiger partial charge in [-0.1, -0.05) is 30.7 Å². The number of anilines is 2. The summed E-state index contributed by atoms with van der Waals surface area (Å²) >= 11 is 7.28. The second-order valence-electron chi connectivity index (χ2n) is 9.02.